The predicted molar refractivity (Wildman–Crippen MR) is 135 cm³/mol. The molecule has 1 aromatic heterocycles. The van der Waals surface area contributed by atoms with Crippen LogP contribution in [0.5, 0.6) is 0 Å². The molecular formula is C29H24F5N3O. The van der Waals surface area contributed by atoms with Gasteiger partial charge in [0, 0.05) is 23.9 Å². The van der Waals surface area contributed by atoms with Gasteiger partial charge in [-0.25, -0.2) is 13.6 Å². The van der Waals surface area contributed by atoms with E-state index in [2.05, 4.69) is 15.6 Å². The second kappa shape index (κ2) is 10.6. The number of benzene rings is 3. The van der Waals surface area contributed by atoms with Crippen molar-refractivity contribution < 1.29 is 26.7 Å². The maximum absolute atomic E-state index is 13.8. The molecule has 38 heavy (non-hydrogen) atoms. The van der Waals surface area contributed by atoms with Crippen molar-refractivity contribution in [1.82, 2.24) is 10.3 Å². The summed E-state index contributed by atoms with van der Waals surface area (Å²) in [5.74, 6) is -2.25. The lowest BCUT2D eigenvalue weighted by molar-refractivity contribution is -0.137. The Labute approximate surface area is 216 Å². The van der Waals surface area contributed by atoms with E-state index in [1.54, 1.807) is 43.3 Å². The maximum atomic E-state index is 13.8. The number of carbonyl (C=O) groups excluding carboxylic acids is 1. The van der Waals surface area contributed by atoms with Crippen molar-refractivity contribution in [2.45, 2.75) is 32.0 Å². The van der Waals surface area contributed by atoms with Crippen LogP contribution in [-0.2, 0) is 18.1 Å². The Morgan fingerprint density at radius 1 is 0.816 bits per heavy atom. The molecule has 4 nitrogen and oxygen atoms in total. The smallest absolute Gasteiger partial charge is 0.322 e. The van der Waals surface area contributed by atoms with Gasteiger partial charge in [0.1, 0.15) is 5.54 Å². The number of urea groups is 1. The van der Waals surface area contributed by atoms with Gasteiger partial charge in [0.25, 0.3) is 0 Å². The molecule has 196 valence electrons. The molecule has 1 heterocycles. The summed E-state index contributed by atoms with van der Waals surface area (Å²) < 4.78 is 68.4. The Balaban J connectivity index is 1.90. The van der Waals surface area contributed by atoms with Crippen LogP contribution in [0.2, 0.25) is 0 Å². The molecule has 3 aromatic carbocycles. The Kier molecular flexibility index (Phi) is 7.48. The molecule has 4 rings (SSSR count). The number of hydrogen-bond acceptors (Lipinski definition) is 2. The summed E-state index contributed by atoms with van der Waals surface area (Å²) in [6, 6.07) is 19.2. The molecule has 9 heteroatoms. The number of rotatable bonds is 6. The van der Waals surface area contributed by atoms with Gasteiger partial charge in [0.05, 0.1) is 11.3 Å². The molecular weight excluding hydrogens is 501 g/mol. The van der Waals surface area contributed by atoms with Gasteiger partial charge in [-0.1, -0.05) is 42.5 Å². The van der Waals surface area contributed by atoms with Crippen LogP contribution in [-0.4, -0.2) is 11.0 Å². The highest BCUT2D eigenvalue weighted by Gasteiger charge is 2.40. The second-order valence-corrected chi connectivity index (χ2v) is 9.03. The monoisotopic (exact) mass is 525 g/mol. The van der Waals surface area contributed by atoms with Gasteiger partial charge in [-0.05, 0) is 66.9 Å². The van der Waals surface area contributed by atoms with E-state index in [0.717, 1.165) is 35.4 Å². The van der Waals surface area contributed by atoms with Crippen LogP contribution >= 0.6 is 0 Å². The van der Waals surface area contributed by atoms with Gasteiger partial charge in [-0.15, -0.1) is 0 Å². The van der Waals surface area contributed by atoms with Crippen molar-refractivity contribution in [2.75, 3.05) is 5.32 Å². The molecule has 0 aliphatic heterocycles. The van der Waals surface area contributed by atoms with Crippen LogP contribution in [0.4, 0.5) is 32.4 Å². The highest BCUT2D eigenvalue weighted by Crippen LogP contribution is 2.37. The molecule has 4 aromatic rings. The Bertz CT molecular complexity index is 1440. The van der Waals surface area contributed by atoms with E-state index in [1.807, 2.05) is 13.0 Å². The van der Waals surface area contributed by atoms with E-state index in [1.165, 1.54) is 18.2 Å². The molecule has 0 saturated carbocycles. The summed E-state index contributed by atoms with van der Waals surface area (Å²) >= 11 is 0. The highest BCUT2D eigenvalue weighted by atomic mass is 19.4. The molecule has 2 N–H and O–H groups in total. The van der Waals surface area contributed by atoms with Crippen molar-refractivity contribution >= 4 is 11.7 Å². The molecule has 2 amide bonds. The first-order valence-corrected chi connectivity index (χ1v) is 11.7. The minimum Gasteiger partial charge on any atom is -0.322 e. The number of amides is 2. The minimum atomic E-state index is -4.63. The SMILES string of the molecule is Cc1cc(C)nc(C(Cc2ccccc2)(NC(=O)Nc2ccc(F)c(F)c2)c2cccc(C(F)(F)F)c2)c1. The molecule has 0 bridgehead atoms. The largest absolute Gasteiger partial charge is 0.416 e. The third kappa shape index (κ3) is 5.99. The van der Waals surface area contributed by atoms with Gasteiger partial charge >= 0.3 is 12.2 Å². The van der Waals surface area contributed by atoms with Crippen molar-refractivity contribution in [3.63, 3.8) is 0 Å². The summed E-state index contributed by atoms with van der Waals surface area (Å²) in [5.41, 5.74) is 0.0907. The molecule has 1 atom stereocenters. The van der Waals surface area contributed by atoms with Crippen molar-refractivity contribution in [3.05, 3.63) is 130 Å². The summed E-state index contributed by atoms with van der Waals surface area (Å²) in [7, 11) is 0. The van der Waals surface area contributed by atoms with E-state index in [9.17, 15) is 26.7 Å². The van der Waals surface area contributed by atoms with E-state index >= 15 is 0 Å². The third-order valence-corrected chi connectivity index (χ3v) is 6.03. The number of aromatic nitrogens is 1. The number of carbonyl (C=O) groups is 1. The van der Waals surface area contributed by atoms with Crippen LogP contribution in [0.25, 0.3) is 0 Å². The van der Waals surface area contributed by atoms with Crippen LogP contribution < -0.4 is 10.6 Å². The fourth-order valence-electron chi connectivity index (χ4n) is 4.37. The number of nitrogens with zero attached hydrogens (tertiary/aromatic N) is 1. The lowest BCUT2D eigenvalue weighted by Gasteiger charge is -2.36. The van der Waals surface area contributed by atoms with Crippen molar-refractivity contribution in [2.24, 2.45) is 0 Å². The van der Waals surface area contributed by atoms with Gasteiger partial charge < -0.3 is 10.6 Å². The standard InChI is InChI=1S/C29H24F5N3O/c1-18-13-19(2)35-26(14-18)28(17-20-7-4-3-5-8-20,21-9-6-10-22(15-21)29(32,33)34)37-27(38)36-23-11-12-24(30)25(31)16-23/h3-16H,17H2,1-2H3,(H2,36,37,38). The molecule has 0 aliphatic rings. The van der Waals surface area contributed by atoms with Crippen molar-refractivity contribution in [1.29, 1.82) is 0 Å². The van der Waals surface area contributed by atoms with Gasteiger partial charge in [-0.3, -0.25) is 4.98 Å². The van der Waals surface area contributed by atoms with Crippen LogP contribution in [0.3, 0.4) is 0 Å². The average molecular weight is 526 g/mol. The van der Waals surface area contributed by atoms with Crippen LogP contribution in [0, 0.1) is 25.5 Å². The number of pyridine rings is 1. The zero-order valence-electron chi connectivity index (χ0n) is 20.5. The number of nitrogens with one attached hydrogen (secondary N) is 2. The number of anilines is 1. The zero-order chi connectivity index (χ0) is 27.5. The Hall–Kier alpha value is -4.27. The first-order valence-electron chi connectivity index (χ1n) is 11.7. The van der Waals surface area contributed by atoms with Gasteiger partial charge in [0.2, 0.25) is 0 Å². The van der Waals surface area contributed by atoms with E-state index in [0.29, 0.717) is 11.4 Å². The first-order chi connectivity index (χ1) is 18.0. The first kappa shape index (κ1) is 26.8. The fourth-order valence-corrected chi connectivity index (χ4v) is 4.37. The number of alkyl halides is 3. The summed E-state index contributed by atoms with van der Waals surface area (Å²) in [6.07, 6.45) is -4.57. The van der Waals surface area contributed by atoms with Crippen LogP contribution in [0.1, 0.15) is 33.6 Å². The van der Waals surface area contributed by atoms with E-state index in [4.69, 9.17) is 0 Å². The maximum Gasteiger partial charge on any atom is 0.416 e. The molecule has 0 fully saturated rings. The fraction of sp³-hybridized carbons (Fsp3) is 0.172. The second-order valence-electron chi connectivity index (χ2n) is 9.03. The van der Waals surface area contributed by atoms with E-state index < -0.39 is 34.9 Å². The molecule has 0 radical (unpaired) electrons. The van der Waals surface area contributed by atoms with E-state index in [-0.39, 0.29) is 17.7 Å². The molecule has 0 spiro atoms. The molecule has 0 saturated heterocycles. The highest BCUT2D eigenvalue weighted by molar-refractivity contribution is 5.90. The topological polar surface area (TPSA) is 54.0 Å². The summed E-state index contributed by atoms with van der Waals surface area (Å²) in [4.78, 5) is 17.9. The summed E-state index contributed by atoms with van der Waals surface area (Å²) in [5, 5.41) is 5.29. The lowest BCUT2D eigenvalue weighted by atomic mass is 9.79. The van der Waals surface area contributed by atoms with Crippen molar-refractivity contribution in [3.8, 4) is 0 Å². The molecule has 1 unspecified atom stereocenters. The Morgan fingerprint density at radius 2 is 1.53 bits per heavy atom. The molecule has 0 aliphatic carbocycles. The zero-order valence-corrected chi connectivity index (χ0v) is 20.5. The summed E-state index contributed by atoms with van der Waals surface area (Å²) in [6.45, 7) is 3.57. The average Bonchev–Trinajstić information content (AvgIpc) is 2.85. The normalized spacial score (nSPS) is 13.0. The minimum absolute atomic E-state index is 0.0348. The quantitative estimate of drug-likeness (QED) is 0.260. The van der Waals surface area contributed by atoms with Gasteiger partial charge in [-0.2, -0.15) is 13.2 Å². The lowest BCUT2D eigenvalue weighted by Crippen LogP contribution is -2.51. The van der Waals surface area contributed by atoms with Gasteiger partial charge in [0.15, 0.2) is 11.6 Å². The number of halogens is 5. The Morgan fingerprint density at radius 3 is 2.18 bits per heavy atom. The third-order valence-electron chi connectivity index (χ3n) is 6.03. The number of hydrogen-bond donors (Lipinski definition) is 2. The van der Waals surface area contributed by atoms with Crippen LogP contribution in [0.15, 0.2) is 84.9 Å². The predicted octanol–water partition coefficient (Wildman–Crippen LogP) is 7.30. The number of aryl methyl sites for hydroxylation is 2.